The van der Waals surface area contributed by atoms with Gasteiger partial charge in [-0.15, -0.1) is 6.42 Å². The fraction of sp³-hybridized carbons (Fsp3) is 0.300. The maximum absolute atomic E-state index is 13.7. The first-order chi connectivity index (χ1) is 20.7. The van der Waals surface area contributed by atoms with E-state index in [1.54, 1.807) is 41.3 Å². The molecule has 0 radical (unpaired) electrons. The number of aromatic amines is 1. The van der Waals surface area contributed by atoms with Gasteiger partial charge in [-0.05, 0) is 49.1 Å². The fourth-order valence-electron chi connectivity index (χ4n) is 5.21. The Kier molecular flexibility index (Phi) is 7.55. The van der Waals surface area contributed by atoms with Crippen LogP contribution >= 0.6 is 0 Å². The van der Waals surface area contributed by atoms with Crippen LogP contribution in [0.5, 0.6) is 0 Å². The fourth-order valence-corrected chi connectivity index (χ4v) is 6.69. The van der Waals surface area contributed by atoms with E-state index in [1.807, 2.05) is 0 Å². The number of nitrogens with zero attached hydrogens (tertiary/aromatic N) is 5. The Morgan fingerprint density at radius 2 is 1.84 bits per heavy atom. The number of hydrogen-bond donors (Lipinski definition) is 2. The first kappa shape index (κ1) is 28.3. The van der Waals surface area contributed by atoms with Crippen molar-refractivity contribution in [2.24, 2.45) is 5.92 Å². The van der Waals surface area contributed by atoms with Gasteiger partial charge in [0.15, 0.2) is 12.4 Å². The van der Waals surface area contributed by atoms with E-state index in [0.29, 0.717) is 39.7 Å². The molecule has 2 fully saturated rings. The van der Waals surface area contributed by atoms with Crippen molar-refractivity contribution >= 4 is 32.7 Å². The first-order valence-corrected chi connectivity index (χ1v) is 15.4. The Bertz CT molecular complexity index is 1830. The quantitative estimate of drug-likeness (QED) is 0.177. The van der Waals surface area contributed by atoms with E-state index >= 15 is 0 Å². The lowest BCUT2D eigenvalue weighted by Gasteiger charge is -2.40. The highest BCUT2D eigenvalue weighted by Crippen LogP contribution is 2.29. The summed E-state index contributed by atoms with van der Waals surface area (Å²) >= 11 is 0. The summed E-state index contributed by atoms with van der Waals surface area (Å²) in [5.74, 6) is 2.11. The molecule has 2 N–H and O–H groups in total. The van der Waals surface area contributed by atoms with E-state index in [0.717, 1.165) is 18.4 Å². The lowest BCUT2D eigenvalue weighted by atomic mass is 10.1. The summed E-state index contributed by atoms with van der Waals surface area (Å²) in [4.78, 5) is 38.9. The standard InChI is InChI=1S/C30H29N7O5S/c1-2-20-3-6-26-23(15-20)16-27(34-26)43(41,42)36-13-14-37(25(19-36)7-10-31-29(38)22-4-5-22)30(39)28-32-17-24(18-33-28)21-8-11-35(40)12-9-21/h1,3,6,8-9,11-12,15-18,22,25,34H,4-5,7,10,13-14,19H2,(H,31,38). The minimum Gasteiger partial charge on any atom is -0.619 e. The van der Waals surface area contributed by atoms with Crippen LogP contribution in [0.4, 0.5) is 0 Å². The number of terminal acetylenes is 1. The molecule has 1 saturated heterocycles. The molecule has 4 aromatic rings. The summed E-state index contributed by atoms with van der Waals surface area (Å²) in [6.07, 6.45) is 13.3. The molecule has 6 rings (SSSR count). The van der Waals surface area contributed by atoms with Gasteiger partial charge in [-0.25, -0.2) is 18.4 Å². The zero-order chi connectivity index (χ0) is 30.1. The van der Waals surface area contributed by atoms with Gasteiger partial charge in [-0.3, -0.25) is 9.59 Å². The number of pyridine rings is 1. The molecule has 1 aliphatic heterocycles. The van der Waals surface area contributed by atoms with Crippen molar-refractivity contribution in [1.82, 2.24) is 29.5 Å². The van der Waals surface area contributed by atoms with Crippen LogP contribution in [0.25, 0.3) is 22.0 Å². The van der Waals surface area contributed by atoms with Crippen LogP contribution in [-0.2, 0) is 14.8 Å². The Balaban J connectivity index is 1.22. The van der Waals surface area contributed by atoms with Crippen molar-refractivity contribution in [2.45, 2.75) is 30.3 Å². The molecule has 1 aromatic carbocycles. The minimum atomic E-state index is -3.93. The number of aromatic nitrogens is 4. The molecule has 13 heteroatoms. The summed E-state index contributed by atoms with van der Waals surface area (Å²) in [6, 6.07) is 9.51. The number of fused-ring (bicyclic) bond motifs is 1. The second-order valence-electron chi connectivity index (χ2n) is 10.7. The largest absolute Gasteiger partial charge is 0.619 e. The highest BCUT2D eigenvalue weighted by atomic mass is 32.2. The smallest absolute Gasteiger partial charge is 0.291 e. The molecule has 2 amide bonds. The number of nitrogens with one attached hydrogen (secondary N) is 2. The number of carbonyl (C=O) groups excluding carboxylic acids is 2. The van der Waals surface area contributed by atoms with Crippen LogP contribution in [0.2, 0.25) is 0 Å². The number of hydrogen-bond acceptors (Lipinski definition) is 7. The molecule has 2 aliphatic rings. The highest BCUT2D eigenvalue weighted by Gasteiger charge is 2.38. The summed E-state index contributed by atoms with van der Waals surface area (Å²) in [7, 11) is -3.93. The second-order valence-corrected chi connectivity index (χ2v) is 12.6. The molecular formula is C30H29N7O5S. The molecule has 0 spiro atoms. The van der Waals surface area contributed by atoms with Gasteiger partial charge < -0.3 is 20.4 Å². The molecule has 4 heterocycles. The molecule has 3 aromatic heterocycles. The number of sulfonamides is 1. The molecule has 1 unspecified atom stereocenters. The van der Waals surface area contributed by atoms with Gasteiger partial charge in [0.05, 0.1) is 0 Å². The second kappa shape index (κ2) is 11.5. The van der Waals surface area contributed by atoms with Crippen LogP contribution in [0.3, 0.4) is 0 Å². The maximum Gasteiger partial charge on any atom is 0.291 e. The van der Waals surface area contributed by atoms with Crippen molar-refractivity contribution in [3.63, 3.8) is 0 Å². The SMILES string of the molecule is C#Cc1ccc2[nH]c(S(=O)(=O)N3CCN(C(=O)c4ncc(-c5cc[n+]([O-])cc5)cn4)C(CCNC(=O)C4CC4)C3)cc2c1. The predicted octanol–water partition coefficient (Wildman–Crippen LogP) is 1.67. The summed E-state index contributed by atoms with van der Waals surface area (Å²) in [5, 5.41) is 15.0. The van der Waals surface area contributed by atoms with E-state index in [4.69, 9.17) is 6.42 Å². The van der Waals surface area contributed by atoms with Gasteiger partial charge in [0.25, 0.3) is 15.9 Å². The third kappa shape index (κ3) is 5.93. The van der Waals surface area contributed by atoms with E-state index in [-0.39, 0.29) is 42.3 Å². The molecular weight excluding hydrogens is 570 g/mol. The first-order valence-electron chi connectivity index (χ1n) is 13.9. The molecule has 1 atom stereocenters. The average molecular weight is 600 g/mol. The van der Waals surface area contributed by atoms with Crippen LogP contribution in [0, 0.1) is 23.5 Å². The van der Waals surface area contributed by atoms with Crippen LogP contribution < -0.4 is 10.0 Å². The number of amides is 2. The van der Waals surface area contributed by atoms with Gasteiger partial charge in [-0.1, -0.05) is 5.92 Å². The van der Waals surface area contributed by atoms with E-state index in [1.165, 1.54) is 29.1 Å². The average Bonchev–Trinajstić information content (AvgIpc) is 3.79. The predicted molar refractivity (Wildman–Crippen MR) is 157 cm³/mol. The molecule has 0 bridgehead atoms. The number of benzene rings is 1. The molecule has 12 nitrogen and oxygen atoms in total. The summed E-state index contributed by atoms with van der Waals surface area (Å²) in [5.41, 5.74) is 2.65. The Labute approximate surface area is 248 Å². The number of piperazine rings is 1. The molecule has 1 saturated carbocycles. The van der Waals surface area contributed by atoms with E-state index in [2.05, 4.69) is 26.2 Å². The van der Waals surface area contributed by atoms with Crippen LogP contribution in [-0.4, -0.2) is 76.6 Å². The molecule has 1 aliphatic carbocycles. The number of rotatable bonds is 8. The van der Waals surface area contributed by atoms with Crippen molar-refractivity contribution < 1.29 is 22.7 Å². The van der Waals surface area contributed by atoms with Gasteiger partial charge >= 0.3 is 0 Å². The maximum atomic E-state index is 13.7. The third-order valence-corrected chi connectivity index (χ3v) is 9.58. The summed E-state index contributed by atoms with van der Waals surface area (Å²) < 4.78 is 29.5. The summed E-state index contributed by atoms with van der Waals surface area (Å²) in [6.45, 7) is 0.525. The van der Waals surface area contributed by atoms with Gasteiger partial charge in [0, 0.05) is 84.7 Å². The third-order valence-electron chi connectivity index (χ3n) is 7.79. The van der Waals surface area contributed by atoms with Crippen molar-refractivity contribution in [2.75, 3.05) is 26.2 Å². The lowest BCUT2D eigenvalue weighted by Crippen LogP contribution is -2.57. The Morgan fingerprint density at radius 1 is 1.09 bits per heavy atom. The highest BCUT2D eigenvalue weighted by molar-refractivity contribution is 7.89. The zero-order valence-electron chi connectivity index (χ0n) is 23.1. The van der Waals surface area contributed by atoms with Crippen LogP contribution in [0.15, 0.2) is 66.2 Å². The zero-order valence-corrected chi connectivity index (χ0v) is 24.0. The minimum absolute atomic E-state index is 0.0232. The normalized spacial score (nSPS) is 17.5. The van der Waals surface area contributed by atoms with Crippen molar-refractivity contribution in [3.8, 4) is 23.5 Å². The molecule has 43 heavy (non-hydrogen) atoms. The van der Waals surface area contributed by atoms with E-state index < -0.39 is 22.0 Å². The van der Waals surface area contributed by atoms with Gasteiger partial charge in [-0.2, -0.15) is 9.04 Å². The topological polar surface area (TPSA) is 155 Å². The van der Waals surface area contributed by atoms with E-state index in [9.17, 15) is 23.2 Å². The van der Waals surface area contributed by atoms with Gasteiger partial charge in [0.1, 0.15) is 5.03 Å². The Morgan fingerprint density at radius 3 is 2.53 bits per heavy atom. The van der Waals surface area contributed by atoms with Crippen LogP contribution in [0.1, 0.15) is 35.4 Å². The van der Waals surface area contributed by atoms with Gasteiger partial charge in [0.2, 0.25) is 11.7 Å². The monoisotopic (exact) mass is 599 g/mol. The Hall–Kier alpha value is -4.80. The lowest BCUT2D eigenvalue weighted by molar-refractivity contribution is -0.605. The molecule has 220 valence electrons. The van der Waals surface area contributed by atoms with Crippen molar-refractivity contribution in [3.05, 3.63) is 77.8 Å². The van der Waals surface area contributed by atoms with Crippen molar-refractivity contribution in [1.29, 1.82) is 0 Å². The number of H-pyrrole nitrogens is 1. The number of carbonyl (C=O) groups is 2.